The molecule has 1 heterocycles. The lowest BCUT2D eigenvalue weighted by Gasteiger charge is -2.28. The summed E-state index contributed by atoms with van der Waals surface area (Å²) in [6.07, 6.45) is 3.84. The number of likely N-dealkylation sites (N-methyl/N-ethyl adjacent to an activating group) is 1. The number of carbonyl (C=O) groups excluding carboxylic acids is 1. The number of amides is 1. The van der Waals surface area contributed by atoms with E-state index in [-0.39, 0.29) is 12.5 Å². The highest BCUT2D eigenvalue weighted by atomic mass is 16.5. The molecule has 0 radical (unpaired) electrons. The maximum atomic E-state index is 12.6. The summed E-state index contributed by atoms with van der Waals surface area (Å²) in [5.41, 5.74) is 1.28. The highest BCUT2D eigenvalue weighted by Crippen LogP contribution is 2.21. The first-order chi connectivity index (χ1) is 10.7. The molecule has 0 aromatic heterocycles. The molecule has 0 aliphatic carbocycles. The van der Waals surface area contributed by atoms with Gasteiger partial charge in [-0.05, 0) is 43.6 Å². The van der Waals surface area contributed by atoms with Gasteiger partial charge in [0.2, 0.25) is 0 Å². The molecular weight excluding hydrogens is 280 g/mol. The van der Waals surface area contributed by atoms with E-state index < -0.39 is 0 Å². The SMILES string of the molecule is COc1cc(CO)ccc1C(=O)N(C)CCN1CCCCC1. The third kappa shape index (κ3) is 4.21. The number of hydrogen-bond donors (Lipinski definition) is 1. The number of piperidine rings is 1. The average molecular weight is 306 g/mol. The van der Waals surface area contributed by atoms with Crippen LogP contribution in [0.4, 0.5) is 0 Å². The first-order valence-electron chi connectivity index (χ1n) is 7.91. The summed E-state index contributed by atoms with van der Waals surface area (Å²) in [5.74, 6) is 0.472. The average Bonchev–Trinajstić information content (AvgIpc) is 2.59. The molecule has 0 spiro atoms. The number of carbonyl (C=O) groups is 1. The number of nitrogens with zero attached hydrogens (tertiary/aromatic N) is 2. The Balaban J connectivity index is 1.97. The lowest BCUT2D eigenvalue weighted by molar-refractivity contribution is 0.0769. The van der Waals surface area contributed by atoms with E-state index in [1.165, 1.54) is 19.3 Å². The molecule has 22 heavy (non-hydrogen) atoms. The Hall–Kier alpha value is -1.59. The number of likely N-dealkylation sites (tertiary alicyclic amines) is 1. The summed E-state index contributed by atoms with van der Waals surface area (Å²) in [6, 6.07) is 5.20. The maximum Gasteiger partial charge on any atom is 0.257 e. The zero-order chi connectivity index (χ0) is 15.9. The van der Waals surface area contributed by atoms with E-state index in [1.54, 1.807) is 30.2 Å². The van der Waals surface area contributed by atoms with Crippen LogP contribution in [0.3, 0.4) is 0 Å². The Bertz CT molecular complexity index is 499. The van der Waals surface area contributed by atoms with E-state index in [0.29, 0.717) is 17.9 Å². The number of hydrogen-bond acceptors (Lipinski definition) is 4. The van der Waals surface area contributed by atoms with Crippen molar-refractivity contribution in [2.75, 3.05) is 40.3 Å². The molecule has 1 amide bonds. The van der Waals surface area contributed by atoms with Crippen molar-refractivity contribution in [1.82, 2.24) is 9.80 Å². The number of methoxy groups -OCH3 is 1. The van der Waals surface area contributed by atoms with Crippen LogP contribution in [-0.2, 0) is 6.61 Å². The Morgan fingerprint density at radius 1 is 1.32 bits per heavy atom. The number of benzene rings is 1. The molecule has 1 aliphatic heterocycles. The summed E-state index contributed by atoms with van der Waals surface area (Å²) >= 11 is 0. The number of rotatable bonds is 6. The Kier molecular flexibility index (Phi) is 6.21. The van der Waals surface area contributed by atoms with Crippen LogP contribution in [0.1, 0.15) is 35.2 Å². The molecule has 122 valence electrons. The van der Waals surface area contributed by atoms with Gasteiger partial charge in [0.25, 0.3) is 5.91 Å². The van der Waals surface area contributed by atoms with Crippen LogP contribution in [0.2, 0.25) is 0 Å². The van der Waals surface area contributed by atoms with Crippen LogP contribution in [0.25, 0.3) is 0 Å². The minimum absolute atomic E-state index is 0.0432. The molecule has 5 nitrogen and oxygen atoms in total. The molecule has 2 rings (SSSR count). The largest absolute Gasteiger partial charge is 0.496 e. The second kappa shape index (κ2) is 8.15. The van der Waals surface area contributed by atoms with Crippen LogP contribution in [0.15, 0.2) is 18.2 Å². The summed E-state index contributed by atoms with van der Waals surface area (Å²) in [4.78, 5) is 16.7. The second-order valence-electron chi connectivity index (χ2n) is 5.82. The quantitative estimate of drug-likeness (QED) is 0.870. The smallest absolute Gasteiger partial charge is 0.257 e. The fourth-order valence-corrected chi connectivity index (χ4v) is 2.79. The van der Waals surface area contributed by atoms with Gasteiger partial charge < -0.3 is 19.6 Å². The van der Waals surface area contributed by atoms with E-state index in [1.807, 2.05) is 7.05 Å². The van der Waals surface area contributed by atoms with Gasteiger partial charge in [0.1, 0.15) is 5.75 Å². The molecule has 1 saturated heterocycles. The molecule has 1 aromatic rings. The van der Waals surface area contributed by atoms with Crippen LogP contribution in [0.5, 0.6) is 5.75 Å². The maximum absolute atomic E-state index is 12.6. The minimum Gasteiger partial charge on any atom is -0.496 e. The fraction of sp³-hybridized carbons (Fsp3) is 0.588. The third-order valence-electron chi connectivity index (χ3n) is 4.23. The van der Waals surface area contributed by atoms with E-state index in [0.717, 1.165) is 25.2 Å². The van der Waals surface area contributed by atoms with Gasteiger partial charge in [-0.15, -0.1) is 0 Å². The fourth-order valence-electron chi connectivity index (χ4n) is 2.79. The molecule has 1 aliphatic rings. The molecule has 0 unspecified atom stereocenters. The van der Waals surface area contributed by atoms with Crippen molar-refractivity contribution < 1.29 is 14.6 Å². The summed E-state index contributed by atoms with van der Waals surface area (Å²) < 4.78 is 5.28. The van der Waals surface area contributed by atoms with E-state index in [2.05, 4.69) is 4.90 Å². The third-order valence-corrected chi connectivity index (χ3v) is 4.23. The zero-order valence-electron chi connectivity index (χ0n) is 13.5. The molecule has 0 bridgehead atoms. The molecule has 1 N–H and O–H groups in total. The second-order valence-corrected chi connectivity index (χ2v) is 5.82. The van der Waals surface area contributed by atoms with Gasteiger partial charge in [-0.25, -0.2) is 0 Å². The Morgan fingerprint density at radius 2 is 2.05 bits per heavy atom. The van der Waals surface area contributed by atoms with Crippen LogP contribution >= 0.6 is 0 Å². The van der Waals surface area contributed by atoms with Gasteiger partial charge >= 0.3 is 0 Å². The molecule has 1 fully saturated rings. The minimum atomic E-state index is -0.0599. The predicted molar refractivity (Wildman–Crippen MR) is 86.2 cm³/mol. The first kappa shape index (κ1) is 16.8. The van der Waals surface area contributed by atoms with E-state index >= 15 is 0 Å². The number of aliphatic hydroxyl groups excluding tert-OH is 1. The number of aliphatic hydroxyl groups is 1. The predicted octanol–water partition coefficient (Wildman–Crippen LogP) is 1.75. The van der Waals surface area contributed by atoms with Crippen molar-refractivity contribution in [2.45, 2.75) is 25.9 Å². The molecule has 1 aromatic carbocycles. The van der Waals surface area contributed by atoms with Gasteiger partial charge in [-0.2, -0.15) is 0 Å². The molecular formula is C17H26N2O3. The van der Waals surface area contributed by atoms with Crippen molar-refractivity contribution in [3.05, 3.63) is 29.3 Å². The topological polar surface area (TPSA) is 53.0 Å². The van der Waals surface area contributed by atoms with Gasteiger partial charge in [-0.1, -0.05) is 12.5 Å². The van der Waals surface area contributed by atoms with Crippen molar-refractivity contribution in [3.63, 3.8) is 0 Å². The van der Waals surface area contributed by atoms with Gasteiger partial charge in [-0.3, -0.25) is 4.79 Å². The van der Waals surface area contributed by atoms with Crippen molar-refractivity contribution in [3.8, 4) is 5.75 Å². The highest BCUT2D eigenvalue weighted by molar-refractivity contribution is 5.96. The van der Waals surface area contributed by atoms with Crippen LogP contribution in [-0.4, -0.2) is 61.2 Å². The summed E-state index contributed by atoms with van der Waals surface area (Å²) in [7, 11) is 3.37. The van der Waals surface area contributed by atoms with Crippen molar-refractivity contribution in [2.24, 2.45) is 0 Å². The Labute approximate surface area is 132 Å². The van der Waals surface area contributed by atoms with Gasteiger partial charge in [0.05, 0.1) is 19.3 Å². The summed E-state index contributed by atoms with van der Waals surface area (Å²) in [5, 5.41) is 9.17. The first-order valence-corrected chi connectivity index (χ1v) is 7.91. The lowest BCUT2D eigenvalue weighted by atomic mass is 10.1. The molecule has 0 saturated carbocycles. The molecule has 5 heteroatoms. The van der Waals surface area contributed by atoms with E-state index in [4.69, 9.17) is 9.84 Å². The summed E-state index contributed by atoms with van der Waals surface area (Å²) in [6.45, 7) is 3.84. The normalized spacial score (nSPS) is 15.6. The van der Waals surface area contributed by atoms with Crippen LogP contribution < -0.4 is 4.74 Å². The monoisotopic (exact) mass is 306 g/mol. The molecule has 0 atom stereocenters. The van der Waals surface area contributed by atoms with Crippen LogP contribution in [0, 0.1) is 0 Å². The Morgan fingerprint density at radius 3 is 2.68 bits per heavy atom. The number of ether oxygens (including phenoxy) is 1. The van der Waals surface area contributed by atoms with Crippen molar-refractivity contribution in [1.29, 1.82) is 0 Å². The van der Waals surface area contributed by atoms with E-state index in [9.17, 15) is 4.79 Å². The highest BCUT2D eigenvalue weighted by Gasteiger charge is 2.18. The zero-order valence-corrected chi connectivity index (χ0v) is 13.5. The standard InChI is InChI=1S/C17H26N2O3/c1-18(10-11-19-8-4-3-5-9-19)17(21)15-7-6-14(13-20)12-16(15)22-2/h6-7,12,20H,3-5,8-11,13H2,1-2H3. The van der Waals surface area contributed by atoms with Crippen molar-refractivity contribution >= 4 is 5.91 Å². The lowest BCUT2D eigenvalue weighted by Crippen LogP contribution is -2.38. The van der Waals surface area contributed by atoms with Gasteiger partial charge in [0.15, 0.2) is 0 Å². The van der Waals surface area contributed by atoms with Gasteiger partial charge in [0, 0.05) is 20.1 Å².